The Labute approximate surface area is 152 Å². The maximum Gasteiger partial charge on any atom is 0.238 e. The Balaban J connectivity index is 2.06. The summed E-state index contributed by atoms with van der Waals surface area (Å²) in [6.07, 6.45) is 1.99. The predicted octanol–water partition coefficient (Wildman–Crippen LogP) is 3.16. The van der Waals surface area contributed by atoms with E-state index in [1.165, 1.54) is 6.92 Å². The van der Waals surface area contributed by atoms with E-state index in [2.05, 4.69) is 5.43 Å². The molecule has 136 valence electrons. The number of carbonyl (C=O) groups is 1. The fourth-order valence-corrected chi connectivity index (χ4v) is 3.07. The first-order valence-corrected chi connectivity index (χ1v) is 8.22. The fraction of sp³-hybridized carbons (Fsp3) is 0.250. The Morgan fingerprint density at radius 1 is 1.04 bits per heavy atom. The zero-order chi connectivity index (χ0) is 18.7. The molecule has 6 heteroatoms. The van der Waals surface area contributed by atoms with Crippen LogP contribution in [0.15, 0.2) is 48.5 Å². The van der Waals surface area contributed by atoms with Crippen LogP contribution >= 0.6 is 0 Å². The lowest BCUT2D eigenvalue weighted by atomic mass is 10.0. The highest BCUT2D eigenvalue weighted by molar-refractivity contribution is 5.79. The topological polar surface area (TPSA) is 60.0 Å². The van der Waals surface area contributed by atoms with Gasteiger partial charge in [-0.05, 0) is 24.3 Å². The molecular weight excluding hydrogens is 332 g/mol. The number of nitrogens with one attached hydrogen (secondary N) is 1. The van der Waals surface area contributed by atoms with Crippen molar-refractivity contribution in [3.63, 3.8) is 0 Å². The Morgan fingerprint density at radius 2 is 1.81 bits per heavy atom. The lowest BCUT2D eigenvalue weighted by molar-refractivity contribution is -0.132. The summed E-state index contributed by atoms with van der Waals surface area (Å²) in [5.74, 6) is 1.88. The molecule has 1 amide bonds. The summed E-state index contributed by atoms with van der Waals surface area (Å²) < 4.78 is 16.2. The molecule has 0 radical (unpaired) electrons. The number of hydrogen-bond donors (Lipinski definition) is 1. The molecule has 6 nitrogen and oxygen atoms in total. The SMILES string of the molecule is COc1cccc(C2=C[C@@H](c3cccc(OC)c3OC)N(C(C)=O)N2)c1. The van der Waals surface area contributed by atoms with Crippen LogP contribution in [0.4, 0.5) is 0 Å². The van der Waals surface area contributed by atoms with Crippen LogP contribution in [0.1, 0.15) is 24.1 Å². The molecule has 1 atom stereocenters. The second kappa shape index (κ2) is 7.39. The van der Waals surface area contributed by atoms with Crippen molar-refractivity contribution in [2.45, 2.75) is 13.0 Å². The number of ether oxygens (including phenoxy) is 3. The zero-order valence-electron chi connectivity index (χ0n) is 15.3. The monoisotopic (exact) mass is 354 g/mol. The van der Waals surface area contributed by atoms with Crippen LogP contribution in [0.2, 0.25) is 0 Å². The van der Waals surface area contributed by atoms with Gasteiger partial charge in [0.25, 0.3) is 0 Å². The van der Waals surface area contributed by atoms with Crippen LogP contribution in [-0.4, -0.2) is 32.2 Å². The highest BCUT2D eigenvalue weighted by Crippen LogP contribution is 2.40. The van der Waals surface area contributed by atoms with Gasteiger partial charge < -0.3 is 14.2 Å². The molecule has 0 saturated heterocycles. The summed E-state index contributed by atoms with van der Waals surface area (Å²) in [5.41, 5.74) is 5.79. The average Bonchev–Trinajstić information content (AvgIpc) is 3.13. The molecule has 26 heavy (non-hydrogen) atoms. The molecule has 3 rings (SSSR count). The molecule has 2 aromatic rings. The van der Waals surface area contributed by atoms with E-state index < -0.39 is 0 Å². The highest BCUT2D eigenvalue weighted by Gasteiger charge is 2.31. The van der Waals surface area contributed by atoms with Gasteiger partial charge in [0, 0.05) is 18.1 Å². The van der Waals surface area contributed by atoms with E-state index in [1.54, 1.807) is 26.3 Å². The highest BCUT2D eigenvalue weighted by atomic mass is 16.5. The maximum absolute atomic E-state index is 12.2. The molecule has 1 aliphatic rings. The minimum Gasteiger partial charge on any atom is -0.497 e. The molecule has 2 aromatic carbocycles. The first-order valence-electron chi connectivity index (χ1n) is 8.22. The second-order valence-corrected chi connectivity index (χ2v) is 5.84. The van der Waals surface area contributed by atoms with Gasteiger partial charge in [-0.2, -0.15) is 0 Å². The van der Waals surface area contributed by atoms with Gasteiger partial charge in [-0.25, -0.2) is 5.01 Å². The van der Waals surface area contributed by atoms with Gasteiger partial charge in [0.2, 0.25) is 5.91 Å². The number of benzene rings is 2. The third-order valence-corrected chi connectivity index (χ3v) is 4.32. The standard InChI is InChI=1S/C20H22N2O4/c1-13(23)22-18(16-9-6-10-19(25-3)20(16)26-4)12-17(21-22)14-7-5-8-15(11-14)24-2/h5-12,18,21H,1-4H3/t18-/m0/s1. The Hall–Kier alpha value is -3.15. The molecule has 0 saturated carbocycles. The minimum absolute atomic E-state index is 0.103. The maximum atomic E-state index is 12.2. The van der Waals surface area contributed by atoms with Crippen LogP contribution in [0.25, 0.3) is 5.70 Å². The van der Waals surface area contributed by atoms with Gasteiger partial charge in [0.05, 0.1) is 27.0 Å². The van der Waals surface area contributed by atoms with Crippen molar-refractivity contribution in [2.24, 2.45) is 0 Å². The molecular formula is C20H22N2O4. The van der Waals surface area contributed by atoms with E-state index in [9.17, 15) is 4.79 Å². The van der Waals surface area contributed by atoms with E-state index in [4.69, 9.17) is 14.2 Å². The van der Waals surface area contributed by atoms with E-state index >= 15 is 0 Å². The van der Waals surface area contributed by atoms with E-state index in [0.717, 1.165) is 22.6 Å². The summed E-state index contributed by atoms with van der Waals surface area (Å²) in [7, 11) is 4.81. The first-order chi connectivity index (χ1) is 12.6. The summed E-state index contributed by atoms with van der Waals surface area (Å²) in [6, 6.07) is 13.0. The molecule has 0 bridgehead atoms. The summed E-state index contributed by atoms with van der Waals surface area (Å²) in [4.78, 5) is 12.2. The molecule has 1 N–H and O–H groups in total. The number of rotatable bonds is 5. The van der Waals surface area contributed by atoms with Crippen molar-refractivity contribution in [1.29, 1.82) is 0 Å². The molecule has 0 fully saturated rings. The van der Waals surface area contributed by atoms with Crippen LogP contribution in [0.3, 0.4) is 0 Å². The van der Waals surface area contributed by atoms with E-state index in [0.29, 0.717) is 11.5 Å². The number of hydrazine groups is 1. The lowest BCUT2D eigenvalue weighted by Crippen LogP contribution is -2.38. The number of methoxy groups -OCH3 is 3. The van der Waals surface area contributed by atoms with Gasteiger partial charge in [-0.1, -0.05) is 24.3 Å². The van der Waals surface area contributed by atoms with Crippen molar-refractivity contribution in [3.8, 4) is 17.2 Å². The van der Waals surface area contributed by atoms with Gasteiger partial charge in [-0.15, -0.1) is 0 Å². The Bertz CT molecular complexity index is 847. The average molecular weight is 354 g/mol. The zero-order valence-corrected chi connectivity index (χ0v) is 15.3. The van der Waals surface area contributed by atoms with Crippen molar-refractivity contribution >= 4 is 11.6 Å². The first kappa shape index (κ1) is 17.7. The van der Waals surface area contributed by atoms with Gasteiger partial charge in [-0.3, -0.25) is 10.2 Å². The Morgan fingerprint density at radius 3 is 2.46 bits per heavy atom. The van der Waals surface area contributed by atoms with Crippen LogP contribution in [0.5, 0.6) is 17.2 Å². The van der Waals surface area contributed by atoms with Crippen LogP contribution in [-0.2, 0) is 4.79 Å². The van der Waals surface area contributed by atoms with Crippen LogP contribution < -0.4 is 19.6 Å². The van der Waals surface area contributed by atoms with Gasteiger partial charge >= 0.3 is 0 Å². The number of nitrogens with zero attached hydrogens (tertiary/aromatic N) is 1. The van der Waals surface area contributed by atoms with E-state index in [1.807, 2.05) is 48.5 Å². The number of amides is 1. The molecule has 0 aliphatic carbocycles. The largest absolute Gasteiger partial charge is 0.497 e. The molecule has 1 heterocycles. The molecule has 0 unspecified atom stereocenters. The number of para-hydroxylation sites is 1. The molecule has 0 spiro atoms. The normalized spacial score (nSPS) is 15.9. The second-order valence-electron chi connectivity index (χ2n) is 5.84. The van der Waals surface area contributed by atoms with Crippen molar-refractivity contribution in [1.82, 2.24) is 10.4 Å². The molecule has 0 aromatic heterocycles. The third-order valence-electron chi connectivity index (χ3n) is 4.32. The van der Waals surface area contributed by atoms with Crippen molar-refractivity contribution in [3.05, 3.63) is 59.7 Å². The van der Waals surface area contributed by atoms with Gasteiger partial charge in [0.1, 0.15) is 11.8 Å². The van der Waals surface area contributed by atoms with Crippen molar-refractivity contribution < 1.29 is 19.0 Å². The summed E-state index contributed by atoms with van der Waals surface area (Å²) in [5, 5.41) is 1.58. The predicted molar refractivity (Wildman–Crippen MR) is 98.9 cm³/mol. The number of hydrogen-bond acceptors (Lipinski definition) is 5. The van der Waals surface area contributed by atoms with Gasteiger partial charge in [0.15, 0.2) is 11.5 Å². The van der Waals surface area contributed by atoms with Crippen LogP contribution in [0, 0.1) is 0 Å². The summed E-state index contributed by atoms with van der Waals surface area (Å²) >= 11 is 0. The summed E-state index contributed by atoms with van der Waals surface area (Å²) in [6.45, 7) is 1.52. The Kier molecular flexibility index (Phi) is 5.02. The smallest absolute Gasteiger partial charge is 0.238 e. The molecule has 1 aliphatic heterocycles. The number of carbonyl (C=O) groups excluding carboxylic acids is 1. The lowest BCUT2D eigenvalue weighted by Gasteiger charge is -2.25. The van der Waals surface area contributed by atoms with Crippen molar-refractivity contribution in [2.75, 3.05) is 21.3 Å². The van der Waals surface area contributed by atoms with E-state index in [-0.39, 0.29) is 11.9 Å². The third kappa shape index (κ3) is 3.18. The fourth-order valence-electron chi connectivity index (χ4n) is 3.07. The minimum atomic E-state index is -0.321. The quantitative estimate of drug-likeness (QED) is 0.894.